The first kappa shape index (κ1) is 37.7. The Balaban J connectivity index is 1.30. The van der Waals surface area contributed by atoms with Gasteiger partial charge in [0.25, 0.3) is 0 Å². The van der Waals surface area contributed by atoms with Crippen molar-refractivity contribution >= 4 is 45.4 Å². The fourth-order valence-corrected chi connectivity index (χ4v) is 7.74. The highest BCUT2D eigenvalue weighted by atomic mass is 127. The average Bonchev–Trinajstić information content (AvgIpc) is 3.89. The van der Waals surface area contributed by atoms with Crippen LogP contribution in [0, 0.1) is 15.4 Å². The fraction of sp³-hybridized carbons (Fsp3) is 0.415. The van der Waals surface area contributed by atoms with E-state index in [1.54, 1.807) is 31.4 Å². The van der Waals surface area contributed by atoms with Crippen molar-refractivity contribution < 1.29 is 43.5 Å². The summed E-state index contributed by atoms with van der Waals surface area (Å²) < 4.78 is 24.4. The minimum atomic E-state index is -1.28. The van der Waals surface area contributed by atoms with E-state index in [1.807, 2.05) is 30.3 Å². The van der Waals surface area contributed by atoms with Crippen LogP contribution in [-0.4, -0.2) is 59.7 Å². The third-order valence-corrected chi connectivity index (χ3v) is 10.5. The summed E-state index contributed by atoms with van der Waals surface area (Å²) in [5, 5.41) is 34.9. The first-order valence-corrected chi connectivity index (χ1v) is 18.9. The molecular weight excluding hydrogens is 777 g/mol. The number of carbonyl (C=O) groups excluding carboxylic acids is 2. The van der Waals surface area contributed by atoms with Gasteiger partial charge in [-0.2, -0.15) is 0 Å². The summed E-state index contributed by atoms with van der Waals surface area (Å²) >= 11 is 2.14. The van der Waals surface area contributed by atoms with Crippen molar-refractivity contribution in [3.63, 3.8) is 0 Å². The number of ether oxygens (including phenoxy) is 3. The zero-order valence-electron chi connectivity index (χ0n) is 29.3. The molecule has 0 aliphatic heterocycles. The summed E-state index contributed by atoms with van der Waals surface area (Å²) in [7, 11) is 1.62. The Kier molecular flexibility index (Phi) is 12.1. The van der Waals surface area contributed by atoms with Gasteiger partial charge in [-0.1, -0.05) is 24.0 Å². The number of rotatable bonds is 13. The normalized spacial score (nSPS) is 15.9. The summed E-state index contributed by atoms with van der Waals surface area (Å²) in [5.41, 5.74) is 0.548. The van der Waals surface area contributed by atoms with Crippen LogP contribution >= 0.6 is 22.6 Å². The Morgan fingerprint density at radius 2 is 1.65 bits per heavy atom. The van der Waals surface area contributed by atoms with Crippen LogP contribution < -0.4 is 14.8 Å². The number of hydrogen-bond donors (Lipinski definition) is 4. The summed E-state index contributed by atoms with van der Waals surface area (Å²) in [6, 6.07) is 16.5. The Morgan fingerprint density at radius 3 is 2.37 bits per heavy atom. The van der Waals surface area contributed by atoms with Gasteiger partial charge in [-0.15, -0.1) is 0 Å². The molecule has 1 amide bonds. The van der Waals surface area contributed by atoms with Gasteiger partial charge in [-0.3, -0.25) is 4.79 Å². The highest BCUT2D eigenvalue weighted by molar-refractivity contribution is 14.1. The molecule has 2 aliphatic rings. The van der Waals surface area contributed by atoms with Crippen LogP contribution in [0.15, 0.2) is 59.0 Å². The molecule has 3 aromatic carbocycles. The van der Waals surface area contributed by atoms with Crippen molar-refractivity contribution in [2.75, 3.05) is 26.9 Å². The largest absolute Gasteiger partial charge is 0.497 e. The summed E-state index contributed by atoms with van der Waals surface area (Å²) in [6.07, 6.45) is 6.95. The molecule has 1 aromatic heterocycles. The topological polar surface area (TPSA) is 148 Å². The smallest absolute Gasteiger partial charge is 0.342 e. The maximum Gasteiger partial charge on any atom is 0.342 e. The lowest BCUT2D eigenvalue weighted by atomic mass is 9.94. The van der Waals surface area contributed by atoms with E-state index < -0.39 is 17.2 Å². The number of aliphatic hydroxyl groups is 3. The number of furan rings is 1. The van der Waals surface area contributed by atoms with Crippen molar-refractivity contribution in [2.45, 2.75) is 81.8 Å². The molecule has 10 nitrogen and oxygen atoms in total. The van der Waals surface area contributed by atoms with Crippen LogP contribution in [0.5, 0.6) is 17.2 Å². The molecule has 0 spiro atoms. The number of aryl methyl sites for hydroxylation is 1. The minimum Gasteiger partial charge on any atom is -0.497 e. The van der Waals surface area contributed by atoms with Gasteiger partial charge in [0.1, 0.15) is 33.8 Å². The molecule has 4 aromatic rings. The zero-order valence-corrected chi connectivity index (χ0v) is 31.4. The van der Waals surface area contributed by atoms with Gasteiger partial charge < -0.3 is 39.3 Å². The number of halogens is 1. The van der Waals surface area contributed by atoms with Crippen molar-refractivity contribution in [1.82, 2.24) is 5.32 Å². The lowest BCUT2D eigenvalue weighted by Crippen LogP contribution is -2.27. The third-order valence-electron chi connectivity index (χ3n) is 9.70. The molecule has 0 radical (unpaired) electrons. The van der Waals surface area contributed by atoms with E-state index in [2.05, 4.69) is 39.7 Å². The number of fused-ring (bicyclic) bond motifs is 1. The number of carbonyl (C=O) groups is 2. The van der Waals surface area contributed by atoms with Crippen molar-refractivity contribution in [1.29, 1.82) is 0 Å². The van der Waals surface area contributed by atoms with Gasteiger partial charge in [0, 0.05) is 11.9 Å². The van der Waals surface area contributed by atoms with Gasteiger partial charge in [0.05, 0.1) is 35.9 Å². The highest BCUT2D eigenvalue weighted by Crippen LogP contribution is 2.45. The maximum absolute atomic E-state index is 13.8. The molecule has 6 rings (SSSR count). The number of aliphatic hydroxyl groups excluding tert-OH is 1. The molecule has 2 aliphatic carbocycles. The number of methoxy groups -OCH3 is 1. The molecule has 1 heterocycles. The molecule has 2 fully saturated rings. The lowest BCUT2D eigenvalue weighted by molar-refractivity contribution is -0.120. The Labute approximate surface area is 317 Å². The monoisotopic (exact) mass is 821 g/mol. The van der Waals surface area contributed by atoms with Crippen molar-refractivity contribution in [2.24, 2.45) is 0 Å². The lowest BCUT2D eigenvalue weighted by Gasteiger charge is -2.20. The fourth-order valence-electron chi connectivity index (χ4n) is 6.94. The first-order chi connectivity index (χ1) is 25.1. The number of amides is 1. The van der Waals surface area contributed by atoms with Crippen LogP contribution in [0.1, 0.15) is 90.6 Å². The number of benzene rings is 3. The molecule has 52 heavy (non-hydrogen) atoms. The standard InChI is InChI=1S/C41H44INO9/c1-49-30-10-8-27(9-11-30)7-6-22-50-39(46)36-32-26-31(12-13-34(32)52-38(36)41(48)17-4-5-18-41)51-37-29(14-19-40(47)15-2-3-16-40)23-28(24-33(37)42)25-35(45)43-20-21-44/h8-13,23-24,26,44,47-48H,2-7,15-18,20-22,25H2,1H3,(H,43,45). The van der Waals surface area contributed by atoms with E-state index in [9.17, 15) is 19.8 Å². The van der Waals surface area contributed by atoms with Gasteiger partial charge in [-0.05, 0) is 140 Å². The number of hydrogen-bond acceptors (Lipinski definition) is 9. The van der Waals surface area contributed by atoms with Crippen LogP contribution in [-0.2, 0) is 28.0 Å². The Morgan fingerprint density at radius 1 is 0.942 bits per heavy atom. The molecule has 0 bridgehead atoms. The Hall–Kier alpha value is -4.09. The molecule has 0 unspecified atom stereocenters. The molecule has 11 heteroatoms. The molecule has 274 valence electrons. The Bertz CT molecular complexity index is 1960. The second-order valence-electron chi connectivity index (χ2n) is 13.6. The van der Waals surface area contributed by atoms with Crippen LogP contribution in [0.25, 0.3) is 11.0 Å². The van der Waals surface area contributed by atoms with Gasteiger partial charge in [0.2, 0.25) is 5.91 Å². The summed E-state index contributed by atoms with van der Waals surface area (Å²) in [6.45, 7) is 0.186. The second kappa shape index (κ2) is 16.7. The van der Waals surface area contributed by atoms with E-state index in [0.717, 1.165) is 37.0 Å². The van der Waals surface area contributed by atoms with Crippen molar-refractivity contribution in [3.8, 4) is 29.1 Å². The first-order valence-electron chi connectivity index (χ1n) is 17.8. The zero-order chi connectivity index (χ0) is 36.7. The quantitative estimate of drug-likeness (QED) is 0.0501. The summed E-state index contributed by atoms with van der Waals surface area (Å²) in [4.78, 5) is 26.3. The van der Waals surface area contributed by atoms with E-state index in [1.165, 1.54) is 0 Å². The van der Waals surface area contributed by atoms with E-state index in [-0.39, 0.29) is 43.4 Å². The van der Waals surface area contributed by atoms with E-state index in [0.29, 0.717) is 75.7 Å². The predicted octanol–water partition coefficient (Wildman–Crippen LogP) is 6.70. The second-order valence-corrected chi connectivity index (χ2v) is 14.7. The van der Waals surface area contributed by atoms with Gasteiger partial charge in [0.15, 0.2) is 11.5 Å². The van der Waals surface area contributed by atoms with E-state index >= 15 is 0 Å². The van der Waals surface area contributed by atoms with Crippen LogP contribution in [0.2, 0.25) is 0 Å². The average molecular weight is 822 g/mol. The highest BCUT2D eigenvalue weighted by Gasteiger charge is 2.41. The van der Waals surface area contributed by atoms with Crippen LogP contribution in [0.3, 0.4) is 0 Å². The molecule has 2 saturated carbocycles. The van der Waals surface area contributed by atoms with Crippen LogP contribution in [0.4, 0.5) is 0 Å². The molecule has 0 atom stereocenters. The maximum atomic E-state index is 13.8. The van der Waals surface area contributed by atoms with E-state index in [4.69, 9.17) is 23.7 Å². The molecule has 4 N–H and O–H groups in total. The third kappa shape index (κ3) is 8.92. The number of nitrogens with one attached hydrogen (secondary N) is 1. The SMILES string of the molecule is COc1ccc(CCCOC(=O)c2c(C3(O)CCCC3)oc3ccc(Oc4c(I)cc(CC(=O)NCCO)cc4C#CC4(O)CCCC4)cc23)cc1. The van der Waals surface area contributed by atoms with Gasteiger partial charge in [-0.25, -0.2) is 4.79 Å². The van der Waals surface area contributed by atoms with Gasteiger partial charge >= 0.3 is 5.97 Å². The number of esters is 1. The molecule has 0 saturated heterocycles. The summed E-state index contributed by atoms with van der Waals surface area (Å²) in [5.74, 6) is 7.22. The molecular formula is C41H44INO9. The minimum absolute atomic E-state index is 0.0768. The van der Waals surface area contributed by atoms with Crippen molar-refractivity contribution in [3.05, 3.63) is 86.2 Å². The predicted molar refractivity (Wildman–Crippen MR) is 204 cm³/mol.